The van der Waals surface area contributed by atoms with Gasteiger partial charge in [-0.05, 0) is 37.5 Å². The molecule has 5 atom stereocenters. The molecule has 0 bridgehead atoms. The van der Waals surface area contributed by atoms with Crippen LogP contribution in [0.2, 0.25) is 0 Å². The summed E-state index contributed by atoms with van der Waals surface area (Å²) >= 11 is 0. The molecule has 17 nitrogen and oxygen atoms in total. The normalized spacial score (nSPS) is 14.2. The topological polar surface area (TPSA) is 237 Å². The zero-order valence-electron chi connectivity index (χ0n) is 55.6. The minimum absolute atomic E-state index is 0.105. The van der Waals surface area contributed by atoms with Crippen molar-refractivity contribution < 1.29 is 80.2 Å². The molecule has 0 spiro atoms. The van der Waals surface area contributed by atoms with E-state index >= 15 is 0 Å². The molecule has 0 saturated heterocycles. The fraction of sp³-hybridized carbons (Fsp3) is 0.940. The molecule has 0 aliphatic heterocycles. The van der Waals surface area contributed by atoms with Crippen LogP contribution in [-0.2, 0) is 65.4 Å². The molecule has 0 heterocycles. The minimum atomic E-state index is -4.95. The van der Waals surface area contributed by atoms with E-state index in [1.54, 1.807) is 0 Å². The number of rotatable bonds is 66. The van der Waals surface area contributed by atoms with Crippen molar-refractivity contribution in [2.24, 2.45) is 11.8 Å². The summed E-state index contributed by atoms with van der Waals surface area (Å²) in [4.78, 5) is 72.2. The van der Waals surface area contributed by atoms with Crippen LogP contribution >= 0.6 is 15.6 Å². The van der Waals surface area contributed by atoms with Gasteiger partial charge in [-0.25, -0.2) is 9.13 Å². The van der Waals surface area contributed by atoms with E-state index in [2.05, 4.69) is 41.5 Å². The van der Waals surface area contributed by atoms with Crippen LogP contribution in [-0.4, -0.2) is 96.7 Å². The standard InChI is InChI=1S/C67H130O17P2/c1-7-9-11-13-15-31-37-43-49-64(69)77-55-62(83-66(71)51-45-39-32-16-14-12-10-8-2)57-81-85(73,74)79-53-61(68)54-80-86(75,76)82-58-63(56-78-65(70)50-44-38-33-28-24-26-30-36-42-48-60(5)6)84-67(72)52-46-40-34-27-23-21-19-17-18-20-22-25-29-35-41-47-59(3)4/h59-63,68H,7-58H2,1-6H3,(H,73,74)(H,75,76)/t61-,62+,63+/m0/s1. The summed E-state index contributed by atoms with van der Waals surface area (Å²) in [5, 5.41) is 10.5. The second kappa shape index (κ2) is 59.4. The van der Waals surface area contributed by atoms with Gasteiger partial charge in [0.25, 0.3) is 0 Å². The van der Waals surface area contributed by atoms with Gasteiger partial charge in [0.2, 0.25) is 0 Å². The number of hydrogen-bond donors (Lipinski definition) is 3. The Kier molecular flexibility index (Phi) is 58.0. The molecule has 0 amide bonds. The highest BCUT2D eigenvalue weighted by Gasteiger charge is 2.30. The Morgan fingerprint density at radius 2 is 0.535 bits per heavy atom. The summed E-state index contributed by atoms with van der Waals surface area (Å²) in [6, 6.07) is 0. The van der Waals surface area contributed by atoms with Crippen LogP contribution in [0.4, 0.5) is 0 Å². The van der Waals surface area contributed by atoms with Crippen LogP contribution in [0, 0.1) is 11.8 Å². The molecule has 0 aromatic carbocycles. The van der Waals surface area contributed by atoms with Crippen LogP contribution in [0.1, 0.15) is 337 Å². The van der Waals surface area contributed by atoms with Crippen LogP contribution in [0.15, 0.2) is 0 Å². The summed E-state index contributed by atoms with van der Waals surface area (Å²) in [5.74, 6) is -0.587. The molecule has 0 aromatic heterocycles. The Hall–Kier alpha value is -1.94. The summed E-state index contributed by atoms with van der Waals surface area (Å²) in [7, 11) is -9.89. The minimum Gasteiger partial charge on any atom is -0.462 e. The molecule has 0 saturated carbocycles. The number of carbonyl (C=O) groups is 4. The summed E-state index contributed by atoms with van der Waals surface area (Å²) < 4.78 is 68.0. The van der Waals surface area contributed by atoms with Crippen LogP contribution < -0.4 is 0 Å². The van der Waals surface area contributed by atoms with Crippen LogP contribution in [0.3, 0.4) is 0 Å². The number of carbonyl (C=O) groups excluding carboxylic acids is 4. The molecule has 0 radical (unpaired) electrons. The fourth-order valence-corrected chi connectivity index (χ4v) is 11.6. The highest BCUT2D eigenvalue weighted by Crippen LogP contribution is 2.45. The molecule has 0 aliphatic carbocycles. The van der Waals surface area contributed by atoms with E-state index in [4.69, 9.17) is 37.0 Å². The van der Waals surface area contributed by atoms with Gasteiger partial charge in [0.1, 0.15) is 19.3 Å². The first-order valence-electron chi connectivity index (χ1n) is 35.0. The SMILES string of the molecule is CCCCCCCCCCC(=O)OC[C@H](COP(=O)(O)OC[C@H](O)COP(=O)(O)OC[C@@H](COC(=O)CCCCCCCCCCCC(C)C)OC(=O)CCCCCCCCCCCCCCCCCC(C)C)OC(=O)CCCCCCCCCC. The van der Waals surface area contributed by atoms with Crippen LogP contribution in [0.5, 0.6) is 0 Å². The number of ether oxygens (including phenoxy) is 4. The van der Waals surface area contributed by atoms with E-state index in [0.717, 1.165) is 115 Å². The molecule has 0 aliphatic rings. The molecule has 19 heteroatoms. The van der Waals surface area contributed by atoms with Gasteiger partial charge in [0.05, 0.1) is 26.4 Å². The Balaban J connectivity index is 5.18. The lowest BCUT2D eigenvalue weighted by Crippen LogP contribution is -2.30. The largest absolute Gasteiger partial charge is 0.472 e. The van der Waals surface area contributed by atoms with Gasteiger partial charge >= 0.3 is 39.5 Å². The van der Waals surface area contributed by atoms with Crippen molar-refractivity contribution in [2.75, 3.05) is 39.6 Å². The smallest absolute Gasteiger partial charge is 0.462 e. The van der Waals surface area contributed by atoms with Gasteiger partial charge in [0, 0.05) is 25.7 Å². The quantitative estimate of drug-likeness (QED) is 0.0222. The predicted octanol–water partition coefficient (Wildman–Crippen LogP) is 18.8. The fourth-order valence-electron chi connectivity index (χ4n) is 10.1. The zero-order valence-corrected chi connectivity index (χ0v) is 57.4. The highest BCUT2D eigenvalue weighted by atomic mass is 31.2. The molecule has 0 rings (SSSR count). The number of unbranched alkanes of at least 4 members (excludes halogenated alkanes) is 36. The van der Waals surface area contributed by atoms with Crippen molar-refractivity contribution in [3.05, 3.63) is 0 Å². The first kappa shape index (κ1) is 84.1. The molecule has 0 aromatic rings. The summed E-state index contributed by atoms with van der Waals surface area (Å²) in [6.45, 7) is 9.48. The van der Waals surface area contributed by atoms with Crippen molar-refractivity contribution in [1.82, 2.24) is 0 Å². The number of hydrogen-bond acceptors (Lipinski definition) is 15. The van der Waals surface area contributed by atoms with E-state index in [0.29, 0.717) is 25.7 Å². The third-order valence-corrected chi connectivity index (χ3v) is 17.4. The van der Waals surface area contributed by atoms with Crippen molar-refractivity contribution >= 4 is 39.5 Å². The second-order valence-corrected chi connectivity index (χ2v) is 28.1. The van der Waals surface area contributed by atoms with Gasteiger partial charge in [0.15, 0.2) is 12.2 Å². The molecule has 2 unspecified atom stereocenters. The van der Waals surface area contributed by atoms with Gasteiger partial charge in [-0.1, -0.05) is 286 Å². The third-order valence-electron chi connectivity index (χ3n) is 15.5. The molecule has 86 heavy (non-hydrogen) atoms. The number of aliphatic hydroxyl groups excluding tert-OH is 1. The predicted molar refractivity (Wildman–Crippen MR) is 345 cm³/mol. The maximum absolute atomic E-state index is 13.0. The van der Waals surface area contributed by atoms with E-state index in [-0.39, 0.29) is 25.7 Å². The Labute approximate surface area is 524 Å². The Bertz CT molecular complexity index is 1680. The average Bonchev–Trinajstić information content (AvgIpc) is 3.51. The van der Waals surface area contributed by atoms with Gasteiger partial charge in [-0.15, -0.1) is 0 Å². The number of phosphoric acid groups is 2. The van der Waals surface area contributed by atoms with E-state index < -0.39 is 97.5 Å². The van der Waals surface area contributed by atoms with E-state index in [9.17, 15) is 43.2 Å². The first-order chi connectivity index (χ1) is 41.4. The van der Waals surface area contributed by atoms with Crippen molar-refractivity contribution in [3.63, 3.8) is 0 Å². The van der Waals surface area contributed by atoms with Gasteiger partial charge in [-0.2, -0.15) is 0 Å². The number of esters is 4. The van der Waals surface area contributed by atoms with E-state index in [1.165, 1.54) is 141 Å². The monoisotopic (exact) mass is 1270 g/mol. The number of aliphatic hydroxyl groups is 1. The molecule has 3 N–H and O–H groups in total. The average molecular weight is 1270 g/mol. The van der Waals surface area contributed by atoms with Crippen molar-refractivity contribution in [1.29, 1.82) is 0 Å². The lowest BCUT2D eigenvalue weighted by molar-refractivity contribution is -0.161. The lowest BCUT2D eigenvalue weighted by Gasteiger charge is -2.21. The Morgan fingerprint density at radius 1 is 0.314 bits per heavy atom. The summed E-state index contributed by atoms with van der Waals surface area (Å²) in [6.07, 6.45) is 43.2. The van der Waals surface area contributed by atoms with Crippen molar-refractivity contribution in [2.45, 2.75) is 355 Å². The van der Waals surface area contributed by atoms with Gasteiger partial charge < -0.3 is 33.8 Å². The Morgan fingerprint density at radius 3 is 0.791 bits per heavy atom. The highest BCUT2D eigenvalue weighted by molar-refractivity contribution is 7.47. The lowest BCUT2D eigenvalue weighted by atomic mass is 10.0. The second-order valence-electron chi connectivity index (χ2n) is 25.2. The zero-order chi connectivity index (χ0) is 63.6. The molecular formula is C67H130O17P2. The molecular weight excluding hydrogens is 1140 g/mol. The summed E-state index contributed by atoms with van der Waals surface area (Å²) in [5.41, 5.74) is 0. The van der Waals surface area contributed by atoms with Crippen LogP contribution in [0.25, 0.3) is 0 Å². The third kappa shape index (κ3) is 60.9. The van der Waals surface area contributed by atoms with Gasteiger partial charge in [-0.3, -0.25) is 37.3 Å². The molecule has 510 valence electrons. The molecule has 0 fully saturated rings. The number of phosphoric ester groups is 2. The first-order valence-corrected chi connectivity index (χ1v) is 38.0. The van der Waals surface area contributed by atoms with E-state index in [1.807, 2.05) is 0 Å². The maximum Gasteiger partial charge on any atom is 0.472 e. The van der Waals surface area contributed by atoms with Crippen molar-refractivity contribution in [3.8, 4) is 0 Å². The maximum atomic E-state index is 13.0.